The number of aliphatic hydroxyl groups is 2. The number of aliphatic hydroxyl groups excluding tert-OH is 2. The third kappa shape index (κ3) is 3.20. The molecule has 5 heteroatoms. The molecule has 0 saturated heterocycles. The summed E-state index contributed by atoms with van der Waals surface area (Å²) in [5, 5.41) is 20.6. The maximum atomic E-state index is 11.2. The molecule has 0 aromatic carbocycles. The Balaban J connectivity index is 4.33. The van der Waals surface area contributed by atoms with Gasteiger partial charge in [0, 0.05) is 14.1 Å². The highest BCUT2D eigenvalue weighted by atomic mass is 16.3. The fourth-order valence-corrected chi connectivity index (χ4v) is 0.780. The summed E-state index contributed by atoms with van der Waals surface area (Å²) in [4.78, 5) is 12.6. The van der Waals surface area contributed by atoms with Crippen LogP contribution in [0.5, 0.6) is 0 Å². The molecule has 0 aromatic rings. The molecule has 0 rings (SSSR count). The van der Waals surface area contributed by atoms with Crippen LogP contribution in [0.15, 0.2) is 0 Å². The van der Waals surface area contributed by atoms with Gasteiger partial charge in [-0.1, -0.05) is 6.92 Å². The van der Waals surface area contributed by atoms with E-state index in [0.717, 1.165) is 0 Å². The van der Waals surface area contributed by atoms with Crippen LogP contribution < -0.4 is 5.32 Å². The molecule has 0 aliphatic carbocycles. The zero-order chi connectivity index (χ0) is 10.5. The van der Waals surface area contributed by atoms with Gasteiger partial charge in [-0.3, -0.25) is 0 Å². The molecule has 0 aliphatic heterocycles. The minimum absolute atomic E-state index is 0.264. The number of amides is 2. The van der Waals surface area contributed by atoms with Gasteiger partial charge < -0.3 is 20.4 Å². The van der Waals surface area contributed by atoms with Gasteiger partial charge in [0.15, 0.2) is 0 Å². The largest absolute Gasteiger partial charge is 0.394 e. The third-order valence-corrected chi connectivity index (χ3v) is 2.06. The molecule has 0 radical (unpaired) electrons. The van der Waals surface area contributed by atoms with Crippen LogP contribution in [0, 0.1) is 0 Å². The number of nitrogens with one attached hydrogen (secondary N) is 1. The number of nitrogens with zero attached hydrogens (tertiary/aromatic N) is 1. The van der Waals surface area contributed by atoms with Gasteiger partial charge in [-0.25, -0.2) is 4.79 Å². The monoisotopic (exact) mass is 190 g/mol. The lowest BCUT2D eigenvalue weighted by molar-refractivity contribution is 0.0892. The summed E-state index contributed by atoms with van der Waals surface area (Å²) < 4.78 is 0. The first-order chi connectivity index (χ1) is 6.01. The normalized spacial score (nSPS) is 11.2. The first-order valence-electron chi connectivity index (χ1n) is 4.22. The van der Waals surface area contributed by atoms with Gasteiger partial charge in [0.05, 0.1) is 18.8 Å². The number of urea groups is 1. The maximum absolute atomic E-state index is 11.2. The molecule has 5 nitrogen and oxygen atoms in total. The highest BCUT2D eigenvalue weighted by molar-refractivity contribution is 5.74. The van der Waals surface area contributed by atoms with Crippen molar-refractivity contribution < 1.29 is 15.0 Å². The summed E-state index contributed by atoms with van der Waals surface area (Å²) in [6, 6.07) is -0.315. The van der Waals surface area contributed by atoms with Crippen molar-refractivity contribution in [2.45, 2.75) is 18.9 Å². The van der Waals surface area contributed by atoms with Crippen molar-refractivity contribution in [1.82, 2.24) is 10.2 Å². The number of hydrogen-bond donors (Lipinski definition) is 3. The minimum Gasteiger partial charge on any atom is -0.394 e. The summed E-state index contributed by atoms with van der Waals surface area (Å²) in [7, 11) is 3.20. The smallest absolute Gasteiger partial charge is 0.317 e. The van der Waals surface area contributed by atoms with E-state index in [1.807, 2.05) is 0 Å². The van der Waals surface area contributed by atoms with E-state index in [2.05, 4.69) is 5.32 Å². The summed E-state index contributed by atoms with van der Waals surface area (Å²) in [5.74, 6) is 0. The van der Waals surface area contributed by atoms with Gasteiger partial charge in [0.1, 0.15) is 0 Å². The van der Waals surface area contributed by atoms with Crippen LogP contribution in [0.1, 0.15) is 13.3 Å². The van der Waals surface area contributed by atoms with Crippen molar-refractivity contribution in [3.05, 3.63) is 0 Å². The topological polar surface area (TPSA) is 72.8 Å². The van der Waals surface area contributed by atoms with E-state index in [9.17, 15) is 4.79 Å². The molecular formula is C8H18N2O3. The molecule has 78 valence electrons. The second-order valence-electron chi connectivity index (χ2n) is 3.27. The lowest BCUT2D eigenvalue weighted by atomic mass is 9.99. The molecule has 0 aromatic heterocycles. The molecule has 2 amide bonds. The van der Waals surface area contributed by atoms with Gasteiger partial charge in [-0.05, 0) is 6.42 Å². The Morgan fingerprint density at radius 1 is 1.38 bits per heavy atom. The van der Waals surface area contributed by atoms with Crippen molar-refractivity contribution in [3.8, 4) is 0 Å². The zero-order valence-corrected chi connectivity index (χ0v) is 8.37. The van der Waals surface area contributed by atoms with Crippen LogP contribution >= 0.6 is 0 Å². The van der Waals surface area contributed by atoms with E-state index >= 15 is 0 Å². The maximum Gasteiger partial charge on any atom is 0.317 e. The van der Waals surface area contributed by atoms with Crippen LogP contribution in [0.2, 0.25) is 0 Å². The Labute approximate surface area is 78.4 Å². The van der Waals surface area contributed by atoms with Crippen LogP contribution in [0.4, 0.5) is 4.79 Å². The van der Waals surface area contributed by atoms with Crippen molar-refractivity contribution in [2.75, 3.05) is 27.3 Å². The van der Waals surface area contributed by atoms with Gasteiger partial charge in [0.25, 0.3) is 0 Å². The Hall–Kier alpha value is -0.810. The molecule has 3 N–H and O–H groups in total. The fourth-order valence-electron chi connectivity index (χ4n) is 0.780. The highest BCUT2D eigenvalue weighted by Gasteiger charge is 2.28. The first kappa shape index (κ1) is 12.2. The van der Waals surface area contributed by atoms with Gasteiger partial charge >= 0.3 is 6.03 Å². The Morgan fingerprint density at radius 3 is 2.08 bits per heavy atom. The molecular weight excluding hydrogens is 172 g/mol. The zero-order valence-electron chi connectivity index (χ0n) is 8.37. The molecule has 0 saturated carbocycles. The number of carbonyl (C=O) groups excluding carboxylic acids is 1. The SMILES string of the molecule is CCC(CO)(CO)NC(=O)N(C)C. The van der Waals surface area contributed by atoms with Crippen molar-refractivity contribution in [3.63, 3.8) is 0 Å². The van der Waals surface area contributed by atoms with Gasteiger partial charge in [-0.2, -0.15) is 0 Å². The fraction of sp³-hybridized carbons (Fsp3) is 0.875. The average molecular weight is 190 g/mol. The average Bonchev–Trinajstić information content (AvgIpc) is 2.14. The molecule has 0 bridgehead atoms. The number of carbonyl (C=O) groups is 1. The predicted octanol–water partition coefficient (Wildman–Crippen LogP) is -0.609. The molecule has 0 heterocycles. The summed E-state index contributed by atoms with van der Waals surface area (Å²) >= 11 is 0. The standard InChI is InChI=1S/C8H18N2O3/c1-4-8(5-11,6-12)9-7(13)10(2)3/h11-12H,4-6H2,1-3H3,(H,9,13). The predicted molar refractivity (Wildman–Crippen MR) is 49.4 cm³/mol. The lowest BCUT2D eigenvalue weighted by Gasteiger charge is -2.30. The first-order valence-corrected chi connectivity index (χ1v) is 4.22. The molecule has 0 unspecified atom stereocenters. The Bertz CT molecular complexity index is 159. The molecule has 13 heavy (non-hydrogen) atoms. The Kier molecular flexibility index (Phi) is 4.72. The number of rotatable bonds is 4. The van der Waals surface area contributed by atoms with E-state index in [0.29, 0.717) is 6.42 Å². The van der Waals surface area contributed by atoms with Crippen molar-refractivity contribution >= 4 is 6.03 Å². The molecule has 0 aliphatic rings. The van der Waals surface area contributed by atoms with E-state index in [1.54, 1.807) is 21.0 Å². The van der Waals surface area contributed by atoms with Crippen LogP contribution in [0.3, 0.4) is 0 Å². The van der Waals surface area contributed by atoms with E-state index in [4.69, 9.17) is 10.2 Å². The Morgan fingerprint density at radius 2 is 1.85 bits per heavy atom. The summed E-state index contributed by atoms with van der Waals surface area (Å²) in [6.07, 6.45) is 0.486. The van der Waals surface area contributed by atoms with Crippen LogP contribution in [-0.4, -0.2) is 54.0 Å². The van der Waals surface area contributed by atoms with Gasteiger partial charge in [-0.15, -0.1) is 0 Å². The highest BCUT2D eigenvalue weighted by Crippen LogP contribution is 2.08. The second-order valence-corrected chi connectivity index (χ2v) is 3.27. The summed E-state index contributed by atoms with van der Waals surface area (Å²) in [5.41, 5.74) is -0.901. The van der Waals surface area contributed by atoms with Gasteiger partial charge in [0.2, 0.25) is 0 Å². The molecule has 0 spiro atoms. The molecule has 0 fully saturated rings. The summed E-state index contributed by atoms with van der Waals surface area (Å²) in [6.45, 7) is 1.27. The minimum atomic E-state index is -0.901. The van der Waals surface area contributed by atoms with Crippen LogP contribution in [0.25, 0.3) is 0 Å². The second kappa shape index (κ2) is 5.04. The van der Waals surface area contributed by atoms with Crippen molar-refractivity contribution in [2.24, 2.45) is 0 Å². The van der Waals surface area contributed by atoms with E-state index in [-0.39, 0.29) is 19.2 Å². The molecule has 0 atom stereocenters. The third-order valence-electron chi connectivity index (χ3n) is 2.06. The quantitative estimate of drug-likeness (QED) is 0.554. The lowest BCUT2D eigenvalue weighted by Crippen LogP contribution is -2.56. The van der Waals surface area contributed by atoms with Crippen molar-refractivity contribution in [1.29, 1.82) is 0 Å². The van der Waals surface area contributed by atoms with Crippen LogP contribution in [-0.2, 0) is 0 Å². The van der Waals surface area contributed by atoms with E-state index < -0.39 is 5.54 Å². The number of hydrogen-bond acceptors (Lipinski definition) is 3. The van der Waals surface area contributed by atoms with E-state index in [1.165, 1.54) is 4.90 Å².